The Labute approximate surface area is 124 Å². The van der Waals surface area contributed by atoms with Gasteiger partial charge in [-0.05, 0) is 34.1 Å². The zero-order valence-electron chi connectivity index (χ0n) is 13.6. The Morgan fingerprint density at radius 2 is 1.75 bits per heavy atom. The first-order chi connectivity index (χ1) is 9.24. The summed E-state index contributed by atoms with van der Waals surface area (Å²) in [4.78, 5) is 4.43. The minimum absolute atomic E-state index is 0.121. The number of hydrogen-bond acceptors (Lipinski definition) is 3. The molecule has 0 unspecified atom stereocenters. The molecule has 0 aromatic rings. The van der Waals surface area contributed by atoms with Crippen molar-refractivity contribution in [3.05, 3.63) is 0 Å². The van der Waals surface area contributed by atoms with Crippen LogP contribution in [0, 0.1) is 0 Å². The minimum atomic E-state index is -3.08. The molecule has 0 saturated heterocycles. The maximum Gasteiger partial charge on any atom is 0.191 e. The number of aliphatic imine (C=N–C) groups is 1. The monoisotopic (exact) mass is 305 g/mol. The van der Waals surface area contributed by atoms with Crippen LogP contribution >= 0.6 is 0 Å². The van der Waals surface area contributed by atoms with Gasteiger partial charge >= 0.3 is 0 Å². The number of hydrogen-bond donors (Lipinski definition) is 2. The smallest absolute Gasteiger partial charge is 0.191 e. The van der Waals surface area contributed by atoms with E-state index in [9.17, 15) is 8.42 Å². The van der Waals surface area contributed by atoms with Crippen LogP contribution in [0.5, 0.6) is 0 Å². The van der Waals surface area contributed by atoms with Crippen molar-refractivity contribution in [1.29, 1.82) is 0 Å². The van der Waals surface area contributed by atoms with Gasteiger partial charge in [0.25, 0.3) is 0 Å². The summed E-state index contributed by atoms with van der Waals surface area (Å²) in [5.74, 6) is 0.822. The normalized spacial score (nSPS) is 13.3. The Morgan fingerprint density at radius 1 is 1.10 bits per heavy atom. The predicted molar refractivity (Wildman–Crippen MR) is 87.0 cm³/mol. The predicted octanol–water partition coefficient (Wildman–Crippen LogP) is 1.94. The van der Waals surface area contributed by atoms with E-state index in [4.69, 9.17) is 0 Å². The van der Waals surface area contributed by atoms with Crippen LogP contribution in [0.4, 0.5) is 0 Å². The molecule has 0 spiro atoms. The van der Waals surface area contributed by atoms with E-state index >= 15 is 0 Å². The molecule has 120 valence electrons. The van der Waals surface area contributed by atoms with Gasteiger partial charge in [0.1, 0.15) is 0 Å². The highest BCUT2D eigenvalue weighted by molar-refractivity contribution is 7.92. The topological polar surface area (TPSA) is 70.6 Å². The summed E-state index contributed by atoms with van der Waals surface area (Å²) in [7, 11) is -3.08. The second-order valence-electron chi connectivity index (χ2n) is 5.83. The average molecular weight is 305 g/mol. The SMILES string of the molecule is CCCCCN=C(NCC)NCCS(=O)(=O)C(C)(C)C. The molecule has 0 aromatic heterocycles. The van der Waals surface area contributed by atoms with Gasteiger partial charge in [0.05, 0.1) is 10.5 Å². The Bertz CT molecular complexity index is 384. The molecule has 5 nitrogen and oxygen atoms in total. The highest BCUT2D eigenvalue weighted by Gasteiger charge is 2.28. The van der Waals surface area contributed by atoms with Crippen LogP contribution in [-0.4, -0.2) is 44.5 Å². The molecule has 2 N–H and O–H groups in total. The third-order valence-electron chi connectivity index (χ3n) is 2.97. The first kappa shape index (κ1) is 19.2. The number of unbranched alkanes of at least 4 members (excludes halogenated alkanes) is 2. The van der Waals surface area contributed by atoms with Gasteiger partial charge < -0.3 is 10.6 Å². The summed E-state index contributed by atoms with van der Waals surface area (Å²) in [6.45, 7) is 11.3. The highest BCUT2D eigenvalue weighted by Crippen LogP contribution is 2.15. The van der Waals surface area contributed by atoms with E-state index in [-0.39, 0.29) is 5.75 Å². The molecule has 0 aliphatic heterocycles. The molecule has 0 rings (SSSR count). The Hall–Kier alpha value is -0.780. The minimum Gasteiger partial charge on any atom is -0.357 e. The number of guanidine groups is 1. The molecule has 0 bridgehead atoms. The summed E-state index contributed by atoms with van der Waals surface area (Å²) in [6.07, 6.45) is 3.40. The summed E-state index contributed by atoms with van der Waals surface area (Å²) in [6, 6.07) is 0. The molecule has 0 amide bonds. The van der Waals surface area contributed by atoms with Crippen LogP contribution in [0.25, 0.3) is 0 Å². The number of nitrogens with zero attached hydrogens (tertiary/aromatic N) is 1. The van der Waals surface area contributed by atoms with Gasteiger partial charge in [-0.15, -0.1) is 0 Å². The molecular weight excluding hydrogens is 274 g/mol. The second-order valence-corrected chi connectivity index (χ2v) is 8.69. The van der Waals surface area contributed by atoms with Crippen molar-refractivity contribution in [3.63, 3.8) is 0 Å². The van der Waals surface area contributed by atoms with Gasteiger partial charge in [0.2, 0.25) is 0 Å². The van der Waals surface area contributed by atoms with E-state index in [0.29, 0.717) is 12.5 Å². The van der Waals surface area contributed by atoms with E-state index in [1.807, 2.05) is 6.92 Å². The summed E-state index contributed by atoms with van der Waals surface area (Å²) in [5.41, 5.74) is 0. The van der Waals surface area contributed by atoms with Gasteiger partial charge in [0.15, 0.2) is 15.8 Å². The lowest BCUT2D eigenvalue weighted by atomic mass is 10.2. The third kappa shape index (κ3) is 7.72. The number of nitrogens with one attached hydrogen (secondary N) is 2. The lowest BCUT2D eigenvalue weighted by Crippen LogP contribution is -2.41. The molecule has 20 heavy (non-hydrogen) atoms. The first-order valence-corrected chi connectivity index (χ1v) is 9.14. The zero-order valence-corrected chi connectivity index (χ0v) is 14.4. The molecule has 0 aliphatic carbocycles. The Morgan fingerprint density at radius 3 is 2.25 bits per heavy atom. The Balaban J connectivity index is 4.28. The molecule has 0 fully saturated rings. The van der Waals surface area contributed by atoms with Gasteiger partial charge in [0, 0.05) is 19.6 Å². The molecule has 0 radical (unpaired) electrons. The molecule has 0 aliphatic rings. The van der Waals surface area contributed by atoms with E-state index in [0.717, 1.165) is 19.5 Å². The molecule has 0 saturated carbocycles. The van der Waals surface area contributed by atoms with Crippen LogP contribution in [0.15, 0.2) is 4.99 Å². The molecular formula is C14H31N3O2S. The van der Waals surface area contributed by atoms with Crippen molar-refractivity contribution in [3.8, 4) is 0 Å². The van der Waals surface area contributed by atoms with Gasteiger partial charge in [-0.1, -0.05) is 19.8 Å². The van der Waals surface area contributed by atoms with E-state index in [2.05, 4.69) is 22.5 Å². The quantitative estimate of drug-likeness (QED) is 0.408. The van der Waals surface area contributed by atoms with Gasteiger partial charge in [-0.25, -0.2) is 8.42 Å². The summed E-state index contributed by atoms with van der Waals surface area (Å²) in [5, 5.41) is 6.21. The van der Waals surface area contributed by atoms with Crippen molar-refractivity contribution >= 4 is 15.8 Å². The van der Waals surface area contributed by atoms with Crippen LogP contribution in [0.2, 0.25) is 0 Å². The molecule has 0 heterocycles. The van der Waals surface area contributed by atoms with E-state index in [1.165, 1.54) is 12.8 Å². The fourth-order valence-corrected chi connectivity index (χ4v) is 2.49. The van der Waals surface area contributed by atoms with Gasteiger partial charge in [-0.3, -0.25) is 4.99 Å². The van der Waals surface area contributed by atoms with E-state index in [1.54, 1.807) is 20.8 Å². The third-order valence-corrected chi connectivity index (χ3v) is 5.58. The van der Waals surface area contributed by atoms with Crippen LogP contribution in [0.1, 0.15) is 53.9 Å². The lowest BCUT2D eigenvalue weighted by Gasteiger charge is -2.19. The first-order valence-electron chi connectivity index (χ1n) is 7.49. The Kier molecular flexibility index (Phi) is 8.85. The largest absolute Gasteiger partial charge is 0.357 e. The highest BCUT2D eigenvalue weighted by atomic mass is 32.2. The lowest BCUT2D eigenvalue weighted by molar-refractivity contribution is 0.559. The van der Waals surface area contributed by atoms with Crippen molar-refractivity contribution in [1.82, 2.24) is 10.6 Å². The molecule has 6 heteroatoms. The van der Waals surface area contributed by atoms with Crippen LogP contribution in [-0.2, 0) is 9.84 Å². The number of rotatable bonds is 8. The van der Waals surface area contributed by atoms with Crippen molar-refractivity contribution < 1.29 is 8.42 Å². The van der Waals surface area contributed by atoms with E-state index < -0.39 is 14.6 Å². The van der Waals surface area contributed by atoms with Crippen LogP contribution in [0.3, 0.4) is 0 Å². The fourth-order valence-electron chi connectivity index (χ4n) is 1.50. The maximum absolute atomic E-state index is 12.0. The molecule has 0 atom stereocenters. The maximum atomic E-state index is 12.0. The molecule has 0 aromatic carbocycles. The second kappa shape index (κ2) is 9.21. The zero-order chi connectivity index (χ0) is 15.6. The standard InChI is InChI=1S/C14H31N3O2S/c1-6-8-9-10-16-13(15-7-2)17-11-12-20(18,19)14(3,4)5/h6-12H2,1-5H3,(H2,15,16,17). The summed E-state index contributed by atoms with van der Waals surface area (Å²) < 4.78 is 23.3. The summed E-state index contributed by atoms with van der Waals surface area (Å²) >= 11 is 0. The van der Waals surface area contributed by atoms with Gasteiger partial charge in [-0.2, -0.15) is 0 Å². The van der Waals surface area contributed by atoms with Crippen molar-refractivity contribution in [2.45, 2.75) is 58.6 Å². The van der Waals surface area contributed by atoms with Crippen molar-refractivity contribution in [2.24, 2.45) is 4.99 Å². The average Bonchev–Trinajstić information content (AvgIpc) is 2.33. The van der Waals surface area contributed by atoms with Crippen LogP contribution < -0.4 is 10.6 Å². The number of sulfone groups is 1. The van der Waals surface area contributed by atoms with Crippen molar-refractivity contribution in [2.75, 3.05) is 25.4 Å². The fraction of sp³-hybridized carbons (Fsp3) is 0.929.